The lowest BCUT2D eigenvalue weighted by atomic mass is 10.2. The van der Waals surface area contributed by atoms with Gasteiger partial charge in [0.15, 0.2) is 10.7 Å². The van der Waals surface area contributed by atoms with Crippen molar-refractivity contribution in [2.24, 2.45) is 0 Å². The van der Waals surface area contributed by atoms with Gasteiger partial charge in [0.25, 0.3) is 15.9 Å². The Morgan fingerprint density at radius 2 is 1.95 bits per heavy atom. The quantitative estimate of drug-likeness (QED) is 0.928. The van der Waals surface area contributed by atoms with Crippen LogP contribution in [0.5, 0.6) is 0 Å². The molecule has 1 aromatic heterocycles. The van der Waals surface area contributed by atoms with Gasteiger partial charge in [0, 0.05) is 0 Å². The predicted molar refractivity (Wildman–Crippen MR) is 67.0 cm³/mol. The molecule has 0 spiro atoms. The molecule has 0 saturated heterocycles. The molecule has 0 aliphatic heterocycles. The van der Waals surface area contributed by atoms with E-state index in [2.05, 4.69) is 5.16 Å². The fourth-order valence-electron chi connectivity index (χ4n) is 1.73. The molecule has 20 heavy (non-hydrogen) atoms. The summed E-state index contributed by atoms with van der Waals surface area (Å²) in [7, 11) is -4.16. The number of hydrogen-bond donors (Lipinski definition) is 1. The summed E-state index contributed by atoms with van der Waals surface area (Å²) in [4.78, 5) is 11.6. The maximum atomic E-state index is 13.4. The normalized spacial score (nSPS) is 11.3. The van der Waals surface area contributed by atoms with Crippen molar-refractivity contribution in [2.45, 2.75) is 18.7 Å². The second kappa shape index (κ2) is 5.04. The average molecular weight is 298 g/mol. The van der Waals surface area contributed by atoms with Crippen molar-refractivity contribution in [2.75, 3.05) is 0 Å². The zero-order valence-electron chi connectivity index (χ0n) is 10.7. The lowest BCUT2D eigenvalue weighted by molar-refractivity contribution is 0.0977. The fourth-order valence-corrected chi connectivity index (χ4v) is 3.03. The van der Waals surface area contributed by atoms with Crippen LogP contribution in [0, 0.1) is 19.7 Å². The number of carbonyl (C=O) groups excluding carboxylic acids is 1. The Morgan fingerprint density at radius 3 is 2.50 bits per heavy atom. The average Bonchev–Trinajstić information content (AvgIpc) is 2.69. The second-order valence-electron chi connectivity index (χ2n) is 4.07. The lowest BCUT2D eigenvalue weighted by Gasteiger charge is -2.06. The Morgan fingerprint density at radius 1 is 1.30 bits per heavy atom. The van der Waals surface area contributed by atoms with E-state index in [1.165, 1.54) is 32.0 Å². The third kappa shape index (κ3) is 2.55. The number of sulfonamides is 1. The number of nitrogens with zero attached hydrogens (tertiary/aromatic N) is 1. The molecule has 8 heteroatoms. The topological polar surface area (TPSA) is 89.3 Å². The highest BCUT2D eigenvalue weighted by Crippen LogP contribution is 2.19. The van der Waals surface area contributed by atoms with Gasteiger partial charge < -0.3 is 4.52 Å². The van der Waals surface area contributed by atoms with E-state index in [1.807, 2.05) is 0 Å². The number of aromatic nitrogens is 1. The third-order valence-electron chi connectivity index (χ3n) is 2.58. The molecule has 1 amide bonds. The Balaban J connectivity index is 2.35. The second-order valence-corrected chi connectivity index (χ2v) is 5.69. The largest absolute Gasteiger partial charge is 0.360 e. The molecule has 0 saturated carbocycles. The van der Waals surface area contributed by atoms with Crippen LogP contribution in [-0.4, -0.2) is 19.5 Å². The molecule has 1 heterocycles. The minimum atomic E-state index is -4.16. The molecule has 0 unspecified atom stereocenters. The first-order chi connectivity index (χ1) is 9.33. The molecule has 1 aromatic carbocycles. The first-order valence-electron chi connectivity index (χ1n) is 5.57. The van der Waals surface area contributed by atoms with Crippen molar-refractivity contribution in [3.63, 3.8) is 0 Å². The minimum absolute atomic E-state index is 0.0522. The Kier molecular flexibility index (Phi) is 3.58. The van der Waals surface area contributed by atoms with Crippen molar-refractivity contribution < 1.29 is 22.1 Å². The standard InChI is InChI=1S/C12H11FN2O4S/c1-7-11(8(2)19-14-7)20(17,18)15-12(16)9-5-3-4-6-10(9)13/h3-6H,1-2H3,(H,15,16). The molecule has 106 valence electrons. The molecule has 2 rings (SSSR count). The van der Waals surface area contributed by atoms with Crippen molar-refractivity contribution >= 4 is 15.9 Å². The first kappa shape index (κ1) is 14.2. The van der Waals surface area contributed by atoms with Gasteiger partial charge in [-0.15, -0.1) is 0 Å². The van der Waals surface area contributed by atoms with Crippen LogP contribution < -0.4 is 4.72 Å². The van der Waals surface area contributed by atoms with Crippen molar-refractivity contribution in [1.82, 2.24) is 9.88 Å². The summed E-state index contributed by atoms with van der Waals surface area (Å²) in [5, 5.41) is 3.50. The number of benzene rings is 1. The summed E-state index contributed by atoms with van der Waals surface area (Å²) in [5.41, 5.74) is -0.237. The number of nitrogens with one attached hydrogen (secondary N) is 1. The van der Waals surface area contributed by atoms with Gasteiger partial charge >= 0.3 is 0 Å². The zero-order valence-corrected chi connectivity index (χ0v) is 11.5. The van der Waals surface area contributed by atoms with Crippen molar-refractivity contribution in [1.29, 1.82) is 0 Å². The SMILES string of the molecule is Cc1noc(C)c1S(=O)(=O)NC(=O)c1ccccc1F. The minimum Gasteiger partial charge on any atom is -0.360 e. The van der Waals surface area contributed by atoms with E-state index in [9.17, 15) is 17.6 Å². The van der Waals surface area contributed by atoms with Crippen LogP contribution in [0.15, 0.2) is 33.7 Å². The summed E-state index contributed by atoms with van der Waals surface area (Å²) in [6, 6.07) is 5.08. The van der Waals surface area contributed by atoms with Crippen LogP contribution in [0.25, 0.3) is 0 Å². The van der Waals surface area contributed by atoms with Gasteiger partial charge in [0.1, 0.15) is 11.5 Å². The maximum Gasteiger partial charge on any atom is 0.269 e. The van der Waals surface area contributed by atoms with Gasteiger partial charge in [0.2, 0.25) is 0 Å². The predicted octanol–water partition coefficient (Wildman–Crippen LogP) is 1.55. The number of carbonyl (C=O) groups is 1. The van der Waals surface area contributed by atoms with E-state index in [-0.39, 0.29) is 21.9 Å². The molecule has 2 aromatic rings. The highest BCUT2D eigenvalue weighted by Gasteiger charge is 2.27. The molecule has 0 aliphatic rings. The summed E-state index contributed by atoms with van der Waals surface area (Å²) < 4.78 is 44.1. The van der Waals surface area contributed by atoms with Crippen LogP contribution >= 0.6 is 0 Å². The molecular formula is C12H11FN2O4S. The summed E-state index contributed by atoms with van der Waals surface area (Å²) in [6.07, 6.45) is 0. The lowest BCUT2D eigenvalue weighted by Crippen LogP contribution is -2.31. The van der Waals surface area contributed by atoms with Crippen LogP contribution in [0.2, 0.25) is 0 Å². The molecule has 1 N–H and O–H groups in total. The molecule has 6 nitrogen and oxygen atoms in total. The highest BCUT2D eigenvalue weighted by atomic mass is 32.2. The van der Waals surface area contributed by atoms with E-state index >= 15 is 0 Å². The van der Waals surface area contributed by atoms with Gasteiger partial charge in [-0.3, -0.25) is 4.79 Å². The van der Waals surface area contributed by atoms with Crippen molar-refractivity contribution in [3.05, 3.63) is 47.1 Å². The number of aryl methyl sites for hydroxylation is 2. The van der Waals surface area contributed by atoms with Crippen LogP contribution in [0.3, 0.4) is 0 Å². The maximum absolute atomic E-state index is 13.4. The molecule has 0 radical (unpaired) electrons. The summed E-state index contributed by atoms with van der Waals surface area (Å²) in [6.45, 7) is 2.83. The van der Waals surface area contributed by atoms with E-state index in [0.29, 0.717) is 0 Å². The molecule has 0 fully saturated rings. The Bertz CT molecular complexity index is 748. The van der Waals surface area contributed by atoms with Crippen LogP contribution in [0.1, 0.15) is 21.8 Å². The Labute approximate surface area is 114 Å². The molecule has 0 aliphatic carbocycles. The third-order valence-corrected chi connectivity index (χ3v) is 4.16. The number of hydrogen-bond acceptors (Lipinski definition) is 5. The fraction of sp³-hybridized carbons (Fsp3) is 0.167. The highest BCUT2D eigenvalue weighted by molar-refractivity contribution is 7.90. The zero-order chi connectivity index (χ0) is 14.9. The number of halogens is 1. The van der Waals surface area contributed by atoms with Crippen molar-refractivity contribution in [3.8, 4) is 0 Å². The van der Waals surface area contributed by atoms with Gasteiger partial charge in [-0.2, -0.15) is 0 Å². The Hall–Kier alpha value is -2.22. The van der Waals surface area contributed by atoms with E-state index in [4.69, 9.17) is 4.52 Å². The summed E-state index contributed by atoms with van der Waals surface area (Å²) in [5.74, 6) is -1.81. The first-order valence-corrected chi connectivity index (χ1v) is 7.06. The number of rotatable bonds is 3. The van der Waals surface area contributed by atoms with Gasteiger partial charge in [0.05, 0.1) is 5.56 Å². The van der Waals surface area contributed by atoms with Crippen LogP contribution in [0.4, 0.5) is 4.39 Å². The monoisotopic (exact) mass is 298 g/mol. The van der Waals surface area contributed by atoms with E-state index in [1.54, 1.807) is 4.72 Å². The molecular weight excluding hydrogens is 287 g/mol. The van der Waals surface area contributed by atoms with Gasteiger partial charge in [-0.05, 0) is 26.0 Å². The van der Waals surface area contributed by atoms with E-state index in [0.717, 1.165) is 6.07 Å². The van der Waals surface area contributed by atoms with E-state index < -0.39 is 21.7 Å². The molecule has 0 atom stereocenters. The summed E-state index contributed by atoms with van der Waals surface area (Å²) >= 11 is 0. The smallest absolute Gasteiger partial charge is 0.269 e. The van der Waals surface area contributed by atoms with Gasteiger partial charge in [-0.25, -0.2) is 17.5 Å². The molecule has 0 bridgehead atoms. The van der Waals surface area contributed by atoms with Crippen LogP contribution in [-0.2, 0) is 10.0 Å². The number of amides is 1. The van der Waals surface area contributed by atoms with Gasteiger partial charge in [-0.1, -0.05) is 17.3 Å².